The minimum Gasteiger partial charge on any atom is -0.338 e. The number of carbonyl (C=O) groups excluding carboxylic acids is 1. The first-order chi connectivity index (χ1) is 13.0. The largest absolute Gasteiger partial charge is 0.338 e. The molecule has 28 heavy (non-hydrogen) atoms. The summed E-state index contributed by atoms with van der Waals surface area (Å²) in [6.45, 7) is 2.35. The minimum atomic E-state index is -0.470. The number of para-hydroxylation sites is 2. The molecule has 0 atom stereocenters. The van der Waals surface area contributed by atoms with Crippen molar-refractivity contribution in [3.05, 3.63) is 70.7 Å². The van der Waals surface area contributed by atoms with Gasteiger partial charge in [-0.25, -0.2) is 4.39 Å². The fourth-order valence-corrected chi connectivity index (χ4v) is 3.42. The van der Waals surface area contributed by atoms with E-state index in [1.165, 1.54) is 6.07 Å². The van der Waals surface area contributed by atoms with E-state index in [1.54, 1.807) is 21.7 Å². The summed E-state index contributed by atoms with van der Waals surface area (Å²) in [6.07, 6.45) is 0. The maximum atomic E-state index is 14.2. The monoisotopic (exact) mass is 401 g/mol. The fraction of sp³-hybridized carbons (Fsp3) is 0.200. The smallest absolute Gasteiger partial charge is 0.258 e. The highest BCUT2D eigenvalue weighted by molar-refractivity contribution is 6.08. The zero-order chi connectivity index (χ0) is 19.1. The highest BCUT2D eigenvalue weighted by Crippen LogP contribution is 2.37. The van der Waals surface area contributed by atoms with Crippen molar-refractivity contribution < 1.29 is 9.18 Å². The van der Waals surface area contributed by atoms with Crippen molar-refractivity contribution in [1.29, 1.82) is 0 Å². The van der Waals surface area contributed by atoms with Gasteiger partial charge in [-0.3, -0.25) is 9.48 Å². The number of hydrogen-bond donors (Lipinski definition) is 2. The molecule has 1 aliphatic heterocycles. The lowest BCUT2D eigenvalue weighted by Crippen LogP contribution is -2.30. The summed E-state index contributed by atoms with van der Waals surface area (Å²) in [5, 5.41) is 7.83. The van der Waals surface area contributed by atoms with Gasteiger partial charge in [0.2, 0.25) is 0 Å². The molecule has 0 bridgehead atoms. The first-order valence-electron chi connectivity index (χ1n) is 8.68. The third-order valence-corrected chi connectivity index (χ3v) is 4.88. The third kappa shape index (κ3) is 3.23. The van der Waals surface area contributed by atoms with Crippen molar-refractivity contribution in [2.45, 2.75) is 20.0 Å². The topological polar surface area (TPSA) is 76.2 Å². The number of rotatable bonds is 2. The number of hydrogen-bond acceptors (Lipinski definition) is 4. The van der Waals surface area contributed by atoms with Gasteiger partial charge >= 0.3 is 0 Å². The van der Waals surface area contributed by atoms with Crippen LogP contribution in [0.5, 0.6) is 0 Å². The van der Waals surface area contributed by atoms with Crippen molar-refractivity contribution in [3.8, 4) is 0 Å². The molecule has 0 saturated carbocycles. The molecule has 0 aliphatic carbocycles. The standard InChI is InChI=1S/C20H20FN5O.ClH/c1-12-15-11-26(20(27)13-7-8-14(10-22)16(21)9-13)18-6-4-3-5-17(18)23-19(15)25(2)24-12;/h3-9,23H,10-11,22H2,1-2H3;1H. The highest BCUT2D eigenvalue weighted by Gasteiger charge is 2.28. The van der Waals surface area contributed by atoms with Gasteiger partial charge in [0.1, 0.15) is 11.6 Å². The molecule has 1 amide bonds. The van der Waals surface area contributed by atoms with Crippen LogP contribution in [0.2, 0.25) is 0 Å². The molecule has 0 saturated heterocycles. The Morgan fingerprint density at radius 2 is 2.04 bits per heavy atom. The molecule has 6 nitrogen and oxygen atoms in total. The SMILES string of the molecule is Cc1nn(C)c2c1CN(C(=O)c1ccc(CN)c(F)c1)c1ccccc1N2.Cl. The Morgan fingerprint density at radius 3 is 2.75 bits per heavy atom. The summed E-state index contributed by atoms with van der Waals surface area (Å²) < 4.78 is 16.0. The second-order valence-electron chi connectivity index (χ2n) is 6.58. The summed E-state index contributed by atoms with van der Waals surface area (Å²) >= 11 is 0. The van der Waals surface area contributed by atoms with Gasteiger partial charge in [0.05, 0.1) is 23.6 Å². The number of anilines is 3. The summed E-state index contributed by atoms with van der Waals surface area (Å²) in [7, 11) is 1.86. The average Bonchev–Trinajstić information content (AvgIpc) is 2.83. The van der Waals surface area contributed by atoms with Crippen LogP contribution in [0.4, 0.5) is 21.6 Å². The second-order valence-corrected chi connectivity index (χ2v) is 6.58. The number of nitrogens with zero attached hydrogens (tertiary/aromatic N) is 3. The number of halogens is 2. The van der Waals surface area contributed by atoms with Crippen LogP contribution >= 0.6 is 12.4 Å². The van der Waals surface area contributed by atoms with Crippen LogP contribution in [0.25, 0.3) is 0 Å². The van der Waals surface area contributed by atoms with Gasteiger partial charge in [-0.1, -0.05) is 18.2 Å². The van der Waals surface area contributed by atoms with Crippen LogP contribution in [0.15, 0.2) is 42.5 Å². The summed E-state index contributed by atoms with van der Waals surface area (Å²) in [5.41, 5.74) is 9.50. The van der Waals surface area contributed by atoms with Crippen molar-refractivity contribution in [2.24, 2.45) is 12.8 Å². The second kappa shape index (κ2) is 7.61. The molecule has 1 aliphatic rings. The van der Waals surface area contributed by atoms with Crippen LogP contribution in [0.1, 0.15) is 27.2 Å². The van der Waals surface area contributed by atoms with Crippen molar-refractivity contribution in [2.75, 3.05) is 10.2 Å². The quantitative estimate of drug-likeness (QED) is 0.687. The predicted octanol–water partition coefficient (Wildman–Crippen LogP) is 3.65. The Bertz CT molecular complexity index is 1050. The summed E-state index contributed by atoms with van der Waals surface area (Å²) in [5.74, 6) is 0.102. The Balaban J connectivity index is 0.00000225. The van der Waals surface area contributed by atoms with E-state index in [2.05, 4.69) is 10.4 Å². The maximum absolute atomic E-state index is 14.2. The third-order valence-electron chi connectivity index (χ3n) is 4.88. The van der Waals surface area contributed by atoms with Gasteiger partial charge in [0, 0.05) is 30.3 Å². The van der Waals surface area contributed by atoms with E-state index in [-0.39, 0.29) is 30.4 Å². The molecule has 0 fully saturated rings. The van der Waals surface area contributed by atoms with Crippen molar-refractivity contribution in [3.63, 3.8) is 0 Å². The Kier molecular flexibility index (Phi) is 5.40. The highest BCUT2D eigenvalue weighted by atomic mass is 35.5. The fourth-order valence-electron chi connectivity index (χ4n) is 3.42. The molecule has 2 heterocycles. The van der Waals surface area contributed by atoms with Crippen LogP contribution < -0.4 is 16.0 Å². The van der Waals surface area contributed by atoms with E-state index in [1.807, 2.05) is 38.2 Å². The lowest BCUT2D eigenvalue weighted by atomic mass is 10.1. The zero-order valence-electron chi connectivity index (χ0n) is 15.6. The lowest BCUT2D eigenvalue weighted by molar-refractivity contribution is 0.0985. The lowest BCUT2D eigenvalue weighted by Gasteiger charge is -2.23. The summed E-state index contributed by atoms with van der Waals surface area (Å²) in [6, 6.07) is 12.0. The molecule has 3 aromatic rings. The molecule has 8 heteroatoms. The summed E-state index contributed by atoms with van der Waals surface area (Å²) in [4.78, 5) is 14.9. The molecular weight excluding hydrogens is 381 g/mol. The number of aryl methyl sites for hydroxylation is 2. The Labute approximate surface area is 168 Å². The normalized spacial score (nSPS) is 12.4. The van der Waals surface area contributed by atoms with Crippen LogP contribution in [-0.4, -0.2) is 15.7 Å². The number of benzene rings is 2. The van der Waals surface area contributed by atoms with E-state index < -0.39 is 5.82 Å². The van der Waals surface area contributed by atoms with Gasteiger partial charge < -0.3 is 16.0 Å². The molecule has 146 valence electrons. The molecule has 0 spiro atoms. The number of nitrogens with two attached hydrogens (primary N) is 1. The van der Waals surface area contributed by atoms with E-state index in [4.69, 9.17) is 5.73 Å². The van der Waals surface area contributed by atoms with E-state index in [0.29, 0.717) is 12.1 Å². The van der Waals surface area contributed by atoms with Gasteiger partial charge in [-0.15, -0.1) is 12.4 Å². The Hall–Kier alpha value is -2.90. The first-order valence-corrected chi connectivity index (χ1v) is 8.68. The van der Waals surface area contributed by atoms with E-state index in [0.717, 1.165) is 28.5 Å². The average molecular weight is 402 g/mol. The number of aromatic nitrogens is 2. The molecule has 1 aromatic heterocycles. The molecule has 3 N–H and O–H groups in total. The zero-order valence-corrected chi connectivity index (χ0v) is 16.4. The predicted molar refractivity (Wildman–Crippen MR) is 110 cm³/mol. The Morgan fingerprint density at radius 1 is 1.29 bits per heavy atom. The van der Waals surface area contributed by atoms with Gasteiger partial charge in [-0.05, 0) is 31.2 Å². The van der Waals surface area contributed by atoms with E-state index >= 15 is 0 Å². The van der Waals surface area contributed by atoms with Gasteiger partial charge in [0.25, 0.3) is 5.91 Å². The van der Waals surface area contributed by atoms with E-state index in [9.17, 15) is 9.18 Å². The molecular formula is C20H21ClFN5O. The molecule has 2 aromatic carbocycles. The van der Waals surface area contributed by atoms with Crippen molar-refractivity contribution in [1.82, 2.24) is 9.78 Å². The number of nitrogens with one attached hydrogen (secondary N) is 1. The molecule has 0 unspecified atom stereocenters. The number of amides is 1. The van der Waals surface area contributed by atoms with Crippen LogP contribution in [0, 0.1) is 12.7 Å². The van der Waals surface area contributed by atoms with Gasteiger partial charge in [-0.2, -0.15) is 5.10 Å². The maximum Gasteiger partial charge on any atom is 0.258 e. The molecule has 4 rings (SSSR count). The van der Waals surface area contributed by atoms with Crippen LogP contribution in [-0.2, 0) is 20.1 Å². The number of carbonyl (C=O) groups is 1. The van der Waals surface area contributed by atoms with Crippen molar-refractivity contribution >= 4 is 35.5 Å². The molecule has 0 radical (unpaired) electrons. The first kappa shape index (κ1) is 19.9. The minimum absolute atomic E-state index is 0. The number of fused-ring (bicyclic) bond motifs is 2. The van der Waals surface area contributed by atoms with Gasteiger partial charge in [0.15, 0.2) is 0 Å². The van der Waals surface area contributed by atoms with Crippen LogP contribution in [0.3, 0.4) is 0 Å².